The van der Waals surface area contributed by atoms with E-state index in [9.17, 15) is 0 Å². The van der Waals surface area contributed by atoms with Gasteiger partial charge in [-0.2, -0.15) is 0 Å². The summed E-state index contributed by atoms with van der Waals surface area (Å²) in [6.07, 6.45) is 2.47. The van der Waals surface area contributed by atoms with Gasteiger partial charge in [0, 0.05) is 28.8 Å². The minimum absolute atomic E-state index is 0.540. The monoisotopic (exact) mass is 339 g/mol. The van der Waals surface area contributed by atoms with E-state index in [0.29, 0.717) is 5.92 Å². The fourth-order valence-corrected chi connectivity index (χ4v) is 5.00. The molecule has 0 bridgehead atoms. The number of fused-ring (bicyclic) bond motifs is 2. The highest BCUT2D eigenvalue weighted by Gasteiger charge is 2.26. The SMILES string of the molecule is Cc1ccc2c(c1)C(CCCN1CCOCC1)c1ccccc1S2. The molecule has 2 nitrogen and oxygen atoms in total. The Morgan fingerprint density at radius 2 is 1.83 bits per heavy atom. The second-order valence-electron chi connectivity index (χ2n) is 6.83. The Bertz CT molecular complexity index is 709. The summed E-state index contributed by atoms with van der Waals surface area (Å²) in [5.41, 5.74) is 4.41. The zero-order valence-electron chi connectivity index (χ0n) is 14.3. The number of nitrogens with zero attached hydrogens (tertiary/aromatic N) is 1. The number of hydrogen-bond acceptors (Lipinski definition) is 3. The van der Waals surface area contributed by atoms with Crippen molar-refractivity contribution in [2.75, 3.05) is 32.8 Å². The number of benzene rings is 2. The van der Waals surface area contributed by atoms with Crippen molar-refractivity contribution in [2.24, 2.45) is 0 Å². The molecule has 1 unspecified atom stereocenters. The van der Waals surface area contributed by atoms with E-state index in [4.69, 9.17) is 4.74 Å². The normalized spacial score (nSPS) is 20.5. The standard InChI is InChI=1S/C21H25NOS/c1-16-8-9-21-19(15-16)17(18-5-2-3-7-20(18)24-21)6-4-10-22-11-13-23-14-12-22/h2-3,5,7-9,15,17H,4,6,10-14H2,1H3. The highest BCUT2D eigenvalue weighted by Crippen LogP contribution is 2.47. The molecule has 0 radical (unpaired) electrons. The summed E-state index contributed by atoms with van der Waals surface area (Å²) in [4.78, 5) is 5.42. The first kappa shape index (κ1) is 16.2. The molecule has 3 heteroatoms. The Morgan fingerprint density at radius 1 is 1.04 bits per heavy atom. The maximum Gasteiger partial charge on any atom is 0.0594 e. The van der Waals surface area contributed by atoms with Crippen LogP contribution in [0.5, 0.6) is 0 Å². The molecule has 0 N–H and O–H groups in total. The van der Waals surface area contributed by atoms with Crippen LogP contribution in [0.1, 0.15) is 35.4 Å². The zero-order valence-corrected chi connectivity index (χ0v) is 15.1. The Kier molecular flexibility index (Phi) is 4.93. The molecule has 1 fully saturated rings. The molecule has 126 valence electrons. The largest absolute Gasteiger partial charge is 0.379 e. The predicted molar refractivity (Wildman–Crippen MR) is 100 cm³/mol. The molecule has 0 saturated carbocycles. The van der Waals surface area contributed by atoms with Crippen LogP contribution >= 0.6 is 11.8 Å². The molecule has 1 atom stereocenters. The van der Waals surface area contributed by atoms with Crippen molar-refractivity contribution in [1.82, 2.24) is 4.90 Å². The highest BCUT2D eigenvalue weighted by atomic mass is 32.2. The first-order valence-corrected chi connectivity index (χ1v) is 9.80. The third kappa shape index (κ3) is 3.39. The van der Waals surface area contributed by atoms with Gasteiger partial charge in [0.15, 0.2) is 0 Å². The summed E-state index contributed by atoms with van der Waals surface area (Å²) in [6.45, 7) is 7.36. The van der Waals surface area contributed by atoms with Crippen molar-refractivity contribution >= 4 is 11.8 Å². The summed E-state index contributed by atoms with van der Waals surface area (Å²) in [7, 11) is 0. The van der Waals surface area contributed by atoms with Crippen molar-refractivity contribution in [3.63, 3.8) is 0 Å². The van der Waals surface area contributed by atoms with Crippen molar-refractivity contribution in [3.05, 3.63) is 59.2 Å². The summed E-state index contributed by atoms with van der Waals surface area (Å²) < 4.78 is 5.46. The molecule has 0 amide bonds. The fraction of sp³-hybridized carbons (Fsp3) is 0.429. The molecule has 0 spiro atoms. The van der Waals surface area contributed by atoms with E-state index in [0.717, 1.165) is 26.3 Å². The van der Waals surface area contributed by atoms with Gasteiger partial charge in [-0.05, 0) is 49.6 Å². The average Bonchev–Trinajstić information content (AvgIpc) is 2.62. The van der Waals surface area contributed by atoms with Crippen LogP contribution in [-0.2, 0) is 4.74 Å². The number of aryl methyl sites for hydroxylation is 1. The van der Waals surface area contributed by atoms with E-state index in [2.05, 4.69) is 54.3 Å². The molecule has 0 aromatic heterocycles. The van der Waals surface area contributed by atoms with Crippen molar-refractivity contribution in [3.8, 4) is 0 Å². The van der Waals surface area contributed by atoms with Crippen LogP contribution < -0.4 is 0 Å². The first-order chi connectivity index (χ1) is 11.8. The summed E-state index contributed by atoms with van der Waals surface area (Å²) in [5, 5.41) is 0. The van der Waals surface area contributed by atoms with E-state index >= 15 is 0 Å². The maximum atomic E-state index is 5.46. The van der Waals surface area contributed by atoms with Gasteiger partial charge in [-0.1, -0.05) is 47.7 Å². The van der Waals surface area contributed by atoms with Crippen LogP contribution in [0.15, 0.2) is 52.3 Å². The summed E-state index contributed by atoms with van der Waals surface area (Å²) >= 11 is 1.93. The van der Waals surface area contributed by atoms with E-state index in [1.165, 1.54) is 45.9 Å². The van der Waals surface area contributed by atoms with E-state index in [1.54, 1.807) is 0 Å². The Hall–Kier alpha value is -1.29. The third-order valence-corrected chi connectivity index (χ3v) is 6.31. The van der Waals surface area contributed by atoms with Gasteiger partial charge in [0.1, 0.15) is 0 Å². The van der Waals surface area contributed by atoms with Gasteiger partial charge in [-0.15, -0.1) is 0 Å². The second-order valence-corrected chi connectivity index (χ2v) is 7.91. The van der Waals surface area contributed by atoms with E-state index < -0.39 is 0 Å². The van der Waals surface area contributed by atoms with Crippen LogP contribution in [0.2, 0.25) is 0 Å². The molecule has 4 rings (SSSR count). The third-order valence-electron chi connectivity index (χ3n) is 5.13. The molecular formula is C21H25NOS. The lowest BCUT2D eigenvalue weighted by atomic mass is 9.86. The van der Waals surface area contributed by atoms with Gasteiger partial charge in [-0.3, -0.25) is 4.90 Å². The average molecular weight is 340 g/mol. The molecule has 2 aromatic carbocycles. The highest BCUT2D eigenvalue weighted by molar-refractivity contribution is 7.99. The van der Waals surface area contributed by atoms with Gasteiger partial charge in [-0.25, -0.2) is 0 Å². The molecule has 0 aliphatic carbocycles. The van der Waals surface area contributed by atoms with Crippen molar-refractivity contribution in [1.29, 1.82) is 0 Å². The molecule has 1 saturated heterocycles. The Balaban J connectivity index is 1.53. The maximum absolute atomic E-state index is 5.46. The van der Waals surface area contributed by atoms with Crippen LogP contribution in [-0.4, -0.2) is 37.7 Å². The van der Waals surface area contributed by atoms with E-state index in [1.807, 2.05) is 11.8 Å². The van der Waals surface area contributed by atoms with Gasteiger partial charge in [0.05, 0.1) is 13.2 Å². The Morgan fingerprint density at radius 3 is 2.71 bits per heavy atom. The van der Waals surface area contributed by atoms with Crippen LogP contribution in [0.4, 0.5) is 0 Å². The molecule has 2 aromatic rings. The quantitative estimate of drug-likeness (QED) is 0.801. The summed E-state index contributed by atoms with van der Waals surface area (Å²) in [5.74, 6) is 0.540. The Labute approximate surface area is 149 Å². The molecule has 2 heterocycles. The lowest BCUT2D eigenvalue weighted by Gasteiger charge is -2.30. The van der Waals surface area contributed by atoms with Gasteiger partial charge in [0.25, 0.3) is 0 Å². The number of morpholine rings is 1. The molecule has 2 aliphatic rings. The zero-order chi connectivity index (χ0) is 16.4. The predicted octanol–water partition coefficient (Wildman–Crippen LogP) is 4.70. The molecule has 24 heavy (non-hydrogen) atoms. The number of ether oxygens (including phenoxy) is 1. The van der Waals surface area contributed by atoms with E-state index in [-0.39, 0.29) is 0 Å². The number of hydrogen-bond donors (Lipinski definition) is 0. The number of rotatable bonds is 4. The van der Waals surface area contributed by atoms with Crippen molar-refractivity contribution in [2.45, 2.75) is 35.5 Å². The molecule has 2 aliphatic heterocycles. The lowest BCUT2D eigenvalue weighted by Crippen LogP contribution is -2.36. The van der Waals surface area contributed by atoms with Crippen LogP contribution in [0, 0.1) is 6.92 Å². The van der Waals surface area contributed by atoms with Crippen LogP contribution in [0.25, 0.3) is 0 Å². The summed E-state index contributed by atoms with van der Waals surface area (Å²) in [6, 6.07) is 15.9. The minimum Gasteiger partial charge on any atom is -0.379 e. The van der Waals surface area contributed by atoms with Gasteiger partial charge >= 0.3 is 0 Å². The minimum atomic E-state index is 0.540. The second kappa shape index (κ2) is 7.30. The van der Waals surface area contributed by atoms with Crippen LogP contribution in [0.3, 0.4) is 0 Å². The van der Waals surface area contributed by atoms with Gasteiger partial charge in [0.2, 0.25) is 0 Å². The first-order valence-electron chi connectivity index (χ1n) is 8.99. The van der Waals surface area contributed by atoms with Crippen molar-refractivity contribution < 1.29 is 4.74 Å². The molecular weight excluding hydrogens is 314 g/mol. The van der Waals surface area contributed by atoms with Gasteiger partial charge < -0.3 is 4.74 Å². The fourth-order valence-electron chi connectivity index (χ4n) is 3.84. The smallest absolute Gasteiger partial charge is 0.0594 e. The lowest BCUT2D eigenvalue weighted by molar-refractivity contribution is 0.0370. The topological polar surface area (TPSA) is 12.5 Å².